The molecule has 0 radical (unpaired) electrons. The van der Waals surface area contributed by atoms with Crippen LogP contribution in [0.3, 0.4) is 0 Å². The van der Waals surface area contributed by atoms with Gasteiger partial charge in [0, 0.05) is 17.9 Å². The molecule has 0 saturated carbocycles. The van der Waals surface area contributed by atoms with Crippen LogP contribution in [0, 0.1) is 5.82 Å². The quantitative estimate of drug-likeness (QED) is 0.789. The summed E-state index contributed by atoms with van der Waals surface area (Å²) in [5, 5.41) is 3.79. The van der Waals surface area contributed by atoms with Crippen LogP contribution in [0.5, 0.6) is 5.75 Å². The van der Waals surface area contributed by atoms with Gasteiger partial charge in [-0.1, -0.05) is 5.16 Å². The first-order chi connectivity index (χ1) is 8.24. The van der Waals surface area contributed by atoms with Crippen LogP contribution in [0.1, 0.15) is 5.89 Å². The molecule has 0 fully saturated rings. The second-order valence-electron chi connectivity index (χ2n) is 3.30. The summed E-state index contributed by atoms with van der Waals surface area (Å²) < 4.78 is 23.1. The molecule has 4 nitrogen and oxygen atoms in total. The average molecular weight is 257 g/mol. The molecule has 0 atom stereocenters. The largest absolute Gasteiger partial charge is 0.494 e. The lowest BCUT2D eigenvalue weighted by molar-refractivity contribution is 0.382. The zero-order valence-corrected chi connectivity index (χ0v) is 9.87. The Morgan fingerprint density at radius 3 is 3.00 bits per heavy atom. The molecule has 2 rings (SSSR count). The third kappa shape index (κ3) is 2.55. The lowest BCUT2D eigenvalue weighted by Crippen LogP contribution is -1.90. The van der Waals surface area contributed by atoms with Gasteiger partial charge in [-0.3, -0.25) is 0 Å². The Kier molecular flexibility index (Phi) is 3.58. The Bertz CT molecular complexity index is 516. The first kappa shape index (κ1) is 11.9. The van der Waals surface area contributed by atoms with Crippen molar-refractivity contribution >= 4 is 11.6 Å². The number of alkyl halides is 1. The van der Waals surface area contributed by atoms with E-state index in [4.69, 9.17) is 20.9 Å². The fourth-order valence-electron chi connectivity index (χ4n) is 1.35. The second-order valence-corrected chi connectivity index (χ2v) is 3.68. The molecular weight excluding hydrogens is 247 g/mol. The van der Waals surface area contributed by atoms with E-state index in [0.717, 1.165) is 0 Å². The van der Waals surface area contributed by atoms with Crippen LogP contribution in [-0.4, -0.2) is 23.1 Å². The maximum atomic E-state index is 13.2. The van der Waals surface area contributed by atoms with Crippen molar-refractivity contribution in [2.24, 2.45) is 0 Å². The van der Waals surface area contributed by atoms with E-state index in [-0.39, 0.29) is 5.75 Å². The molecule has 0 saturated heterocycles. The zero-order valence-electron chi connectivity index (χ0n) is 9.11. The number of hydrogen-bond acceptors (Lipinski definition) is 4. The molecule has 0 bridgehead atoms. The Morgan fingerprint density at radius 1 is 1.47 bits per heavy atom. The van der Waals surface area contributed by atoms with Gasteiger partial charge in [0.2, 0.25) is 11.7 Å². The van der Waals surface area contributed by atoms with E-state index in [0.29, 0.717) is 29.6 Å². The van der Waals surface area contributed by atoms with Gasteiger partial charge < -0.3 is 9.26 Å². The fraction of sp³-hybridized carbons (Fsp3) is 0.273. The van der Waals surface area contributed by atoms with Crippen molar-refractivity contribution in [2.75, 3.05) is 13.0 Å². The van der Waals surface area contributed by atoms with Crippen molar-refractivity contribution < 1.29 is 13.7 Å². The molecule has 17 heavy (non-hydrogen) atoms. The Balaban J connectivity index is 2.32. The number of ether oxygens (including phenoxy) is 1. The van der Waals surface area contributed by atoms with Gasteiger partial charge in [0.15, 0.2) is 11.6 Å². The number of benzene rings is 1. The number of methoxy groups -OCH3 is 1. The predicted octanol–water partition coefficient (Wildman–Crippen LogP) is 2.67. The smallest absolute Gasteiger partial charge is 0.228 e. The number of halogens is 2. The first-order valence-electron chi connectivity index (χ1n) is 4.97. The predicted molar refractivity (Wildman–Crippen MR) is 60.7 cm³/mol. The van der Waals surface area contributed by atoms with Gasteiger partial charge in [-0.15, -0.1) is 11.6 Å². The maximum absolute atomic E-state index is 13.2. The fourth-order valence-corrected chi connectivity index (χ4v) is 1.52. The van der Waals surface area contributed by atoms with Crippen molar-refractivity contribution in [1.82, 2.24) is 10.1 Å². The summed E-state index contributed by atoms with van der Waals surface area (Å²) in [5.41, 5.74) is 0.632. The van der Waals surface area contributed by atoms with Gasteiger partial charge in [-0.25, -0.2) is 4.39 Å². The van der Waals surface area contributed by atoms with E-state index in [2.05, 4.69) is 10.1 Å². The van der Waals surface area contributed by atoms with E-state index >= 15 is 0 Å². The highest BCUT2D eigenvalue weighted by molar-refractivity contribution is 6.17. The lowest BCUT2D eigenvalue weighted by atomic mass is 10.2. The highest BCUT2D eigenvalue weighted by Gasteiger charge is 2.11. The number of aromatic nitrogens is 2. The molecule has 6 heteroatoms. The molecule has 0 N–H and O–H groups in total. The molecule has 90 valence electrons. The maximum Gasteiger partial charge on any atom is 0.228 e. The first-order valence-corrected chi connectivity index (χ1v) is 5.50. The molecule has 0 unspecified atom stereocenters. The van der Waals surface area contributed by atoms with Crippen molar-refractivity contribution in [3.05, 3.63) is 29.9 Å². The Labute approximate surface area is 102 Å². The Hall–Kier alpha value is -1.62. The average Bonchev–Trinajstić information content (AvgIpc) is 2.79. The van der Waals surface area contributed by atoms with Crippen LogP contribution in [0.25, 0.3) is 11.4 Å². The van der Waals surface area contributed by atoms with Crippen LogP contribution in [-0.2, 0) is 6.42 Å². The van der Waals surface area contributed by atoms with Crippen molar-refractivity contribution in [3.63, 3.8) is 0 Å². The van der Waals surface area contributed by atoms with Crippen LogP contribution in [0.2, 0.25) is 0 Å². The monoisotopic (exact) mass is 256 g/mol. The molecule has 1 aromatic heterocycles. The summed E-state index contributed by atoms with van der Waals surface area (Å²) in [6.07, 6.45) is 0.507. The SMILES string of the molecule is COc1cc(-c2noc(CCCl)n2)ccc1F. The minimum Gasteiger partial charge on any atom is -0.494 e. The van der Waals surface area contributed by atoms with E-state index in [1.165, 1.54) is 19.2 Å². The normalized spacial score (nSPS) is 10.5. The highest BCUT2D eigenvalue weighted by atomic mass is 35.5. The van der Waals surface area contributed by atoms with Gasteiger partial charge in [0.25, 0.3) is 0 Å². The van der Waals surface area contributed by atoms with Gasteiger partial charge in [-0.2, -0.15) is 4.98 Å². The number of nitrogens with zero attached hydrogens (tertiary/aromatic N) is 2. The summed E-state index contributed by atoms with van der Waals surface area (Å²) in [6.45, 7) is 0. The summed E-state index contributed by atoms with van der Waals surface area (Å²) in [5.74, 6) is 0.975. The number of rotatable bonds is 4. The molecule has 0 aliphatic carbocycles. The van der Waals surface area contributed by atoms with Gasteiger partial charge in [0.1, 0.15) is 0 Å². The summed E-state index contributed by atoms with van der Waals surface area (Å²) in [4.78, 5) is 4.14. The molecule has 0 spiro atoms. The molecule has 0 amide bonds. The van der Waals surface area contributed by atoms with E-state index < -0.39 is 5.82 Å². The van der Waals surface area contributed by atoms with Crippen LogP contribution >= 0.6 is 11.6 Å². The highest BCUT2D eigenvalue weighted by Crippen LogP contribution is 2.24. The zero-order chi connectivity index (χ0) is 12.3. The number of aryl methyl sites for hydroxylation is 1. The van der Waals surface area contributed by atoms with E-state index in [1.807, 2.05) is 0 Å². The minimum absolute atomic E-state index is 0.145. The molecule has 0 aliphatic rings. The minimum atomic E-state index is -0.430. The van der Waals surface area contributed by atoms with Crippen LogP contribution in [0.15, 0.2) is 22.7 Å². The standard InChI is InChI=1S/C11H10ClFN2O2/c1-16-9-6-7(2-3-8(9)13)11-14-10(4-5-12)17-15-11/h2-3,6H,4-5H2,1H3. The Morgan fingerprint density at radius 2 is 2.29 bits per heavy atom. The molecule has 1 heterocycles. The molecular formula is C11H10ClFN2O2. The van der Waals surface area contributed by atoms with Crippen LogP contribution in [0.4, 0.5) is 4.39 Å². The van der Waals surface area contributed by atoms with Crippen molar-refractivity contribution in [2.45, 2.75) is 6.42 Å². The summed E-state index contributed by atoms with van der Waals surface area (Å²) in [7, 11) is 1.40. The molecule has 2 aromatic rings. The molecule has 0 aliphatic heterocycles. The van der Waals surface area contributed by atoms with E-state index in [9.17, 15) is 4.39 Å². The summed E-state index contributed by atoms with van der Waals surface area (Å²) in [6, 6.07) is 4.38. The number of hydrogen-bond donors (Lipinski definition) is 0. The summed E-state index contributed by atoms with van der Waals surface area (Å²) >= 11 is 5.56. The third-order valence-corrected chi connectivity index (χ3v) is 2.37. The van der Waals surface area contributed by atoms with Crippen molar-refractivity contribution in [1.29, 1.82) is 0 Å². The van der Waals surface area contributed by atoms with Crippen LogP contribution < -0.4 is 4.74 Å². The van der Waals surface area contributed by atoms with E-state index in [1.54, 1.807) is 6.07 Å². The topological polar surface area (TPSA) is 48.2 Å². The van der Waals surface area contributed by atoms with Gasteiger partial charge >= 0.3 is 0 Å². The van der Waals surface area contributed by atoms with Gasteiger partial charge in [-0.05, 0) is 18.2 Å². The second kappa shape index (κ2) is 5.14. The van der Waals surface area contributed by atoms with Gasteiger partial charge in [0.05, 0.1) is 7.11 Å². The van der Waals surface area contributed by atoms with Crippen molar-refractivity contribution in [3.8, 4) is 17.1 Å². The third-order valence-electron chi connectivity index (χ3n) is 2.19. The lowest BCUT2D eigenvalue weighted by Gasteiger charge is -2.02. The molecule has 1 aromatic carbocycles.